The van der Waals surface area contributed by atoms with Gasteiger partial charge in [0.2, 0.25) is 11.8 Å². The number of rotatable bonds is 3. The van der Waals surface area contributed by atoms with E-state index in [1.165, 1.54) is 0 Å². The van der Waals surface area contributed by atoms with E-state index in [0.29, 0.717) is 18.1 Å². The second kappa shape index (κ2) is 5.71. The Morgan fingerprint density at radius 2 is 2.05 bits per heavy atom. The Hall–Kier alpha value is -2.11. The standard InChI is InChI=1S/C15H20N4O2/c16-13-6-5-12(8-17-13)18-14(20)11-2-1-7-19(9-11)15(21)10-3-4-10/h5-6,8,10-11H,1-4,7,9H2,(H2,16,17)(H,18,20). The van der Waals surface area contributed by atoms with E-state index in [4.69, 9.17) is 5.73 Å². The molecule has 1 aliphatic heterocycles. The zero-order valence-corrected chi connectivity index (χ0v) is 11.9. The van der Waals surface area contributed by atoms with Crippen LogP contribution in [-0.4, -0.2) is 34.8 Å². The third-order valence-corrected chi connectivity index (χ3v) is 4.08. The molecule has 2 aliphatic rings. The van der Waals surface area contributed by atoms with Gasteiger partial charge in [0.1, 0.15) is 5.82 Å². The normalized spacial score (nSPS) is 21.9. The minimum Gasteiger partial charge on any atom is -0.384 e. The smallest absolute Gasteiger partial charge is 0.229 e. The molecular weight excluding hydrogens is 268 g/mol. The Labute approximate surface area is 123 Å². The summed E-state index contributed by atoms with van der Waals surface area (Å²) in [5.74, 6) is 0.676. The van der Waals surface area contributed by atoms with E-state index < -0.39 is 0 Å². The number of anilines is 2. The highest BCUT2D eigenvalue weighted by Crippen LogP contribution is 2.32. The number of carbonyl (C=O) groups is 2. The molecule has 0 aromatic carbocycles. The SMILES string of the molecule is Nc1ccc(NC(=O)C2CCCN(C(=O)C3CC3)C2)cn1. The first-order valence-electron chi connectivity index (χ1n) is 7.44. The first-order chi connectivity index (χ1) is 10.1. The van der Waals surface area contributed by atoms with Crippen LogP contribution in [0.4, 0.5) is 11.5 Å². The molecule has 1 unspecified atom stereocenters. The number of nitrogens with two attached hydrogens (primary N) is 1. The largest absolute Gasteiger partial charge is 0.384 e. The van der Waals surface area contributed by atoms with Gasteiger partial charge < -0.3 is 16.0 Å². The predicted molar refractivity (Wildman–Crippen MR) is 79.3 cm³/mol. The van der Waals surface area contributed by atoms with Crippen molar-refractivity contribution in [2.75, 3.05) is 24.1 Å². The highest BCUT2D eigenvalue weighted by Gasteiger charge is 2.36. The Kier molecular flexibility index (Phi) is 3.77. The van der Waals surface area contributed by atoms with Gasteiger partial charge in [0.25, 0.3) is 0 Å². The van der Waals surface area contributed by atoms with E-state index >= 15 is 0 Å². The van der Waals surface area contributed by atoms with Crippen molar-refractivity contribution in [1.29, 1.82) is 0 Å². The first kappa shape index (κ1) is 13.9. The monoisotopic (exact) mass is 288 g/mol. The van der Waals surface area contributed by atoms with Crippen molar-refractivity contribution in [1.82, 2.24) is 9.88 Å². The molecule has 6 nitrogen and oxygen atoms in total. The average molecular weight is 288 g/mol. The van der Waals surface area contributed by atoms with Crippen LogP contribution in [0.15, 0.2) is 18.3 Å². The van der Waals surface area contributed by atoms with Crippen LogP contribution < -0.4 is 11.1 Å². The number of hydrogen-bond acceptors (Lipinski definition) is 4. The lowest BCUT2D eigenvalue weighted by Crippen LogP contribution is -2.44. The molecule has 0 radical (unpaired) electrons. The van der Waals surface area contributed by atoms with E-state index in [-0.39, 0.29) is 23.7 Å². The van der Waals surface area contributed by atoms with Crippen LogP contribution in [0, 0.1) is 11.8 Å². The number of nitrogens with one attached hydrogen (secondary N) is 1. The summed E-state index contributed by atoms with van der Waals surface area (Å²) in [6.45, 7) is 1.31. The number of pyridine rings is 1. The van der Waals surface area contributed by atoms with Crippen LogP contribution in [-0.2, 0) is 9.59 Å². The second-order valence-electron chi connectivity index (χ2n) is 5.86. The number of nitrogen functional groups attached to an aromatic ring is 1. The van der Waals surface area contributed by atoms with Crippen molar-refractivity contribution in [3.05, 3.63) is 18.3 Å². The van der Waals surface area contributed by atoms with Gasteiger partial charge in [0, 0.05) is 19.0 Å². The number of likely N-dealkylation sites (tertiary alicyclic amines) is 1. The topological polar surface area (TPSA) is 88.3 Å². The van der Waals surface area contributed by atoms with Gasteiger partial charge in [-0.15, -0.1) is 0 Å². The number of piperidine rings is 1. The molecule has 1 aromatic heterocycles. The molecular formula is C15H20N4O2. The van der Waals surface area contributed by atoms with E-state index in [0.717, 1.165) is 32.2 Å². The molecule has 1 aromatic rings. The summed E-state index contributed by atoms with van der Waals surface area (Å²) in [5.41, 5.74) is 6.16. The Bertz CT molecular complexity index is 539. The quantitative estimate of drug-likeness (QED) is 0.876. The molecule has 0 spiro atoms. The molecule has 2 amide bonds. The van der Waals surface area contributed by atoms with Gasteiger partial charge in [-0.1, -0.05) is 0 Å². The first-order valence-corrected chi connectivity index (χ1v) is 7.44. The zero-order chi connectivity index (χ0) is 14.8. The van der Waals surface area contributed by atoms with E-state index in [1.807, 2.05) is 4.90 Å². The highest BCUT2D eigenvalue weighted by atomic mass is 16.2. The summed E-state index contributed by atoms with van der Waals surface area (Å²) in [7, 11) is 0. The molecule has 1 saturated carbocycles. The van der Waals surface area contributed by atoms with Crippen molar-refractivity contribution in [3.8, 4) is 0 Å². The van der Waals surface area contributed by atoms with Crippen LogP contribution >= 0.6 is 0 Å². The second-order valence-corrected chi connectivity index (χ2v) is 5.86. The van der Waals surface area contributed by atoms with Crippen LogP contribution in [0.3, 0.4) is 0 Å². The lowest BCUT2D eigenvalue weighted by atomic mass is 9.96. The van der Waals surface area contributed by atoms with Crippen molar-refractivity contribution >= 4 is 23.3 Å². The van der Waals surface area contributed by atoms with Crippen molar-refractivity contribution in [3.63, 3.8) is 0 Å². The maximum absolute atomic E-state index is 12.3. The number of aromatic nitrogens is 1. The minimum atomic E-state index is -0.140. The maximum atomic E-state index is 12.3. The van der Waals surface area contributed by atoms with Crippen molar-refractivity contribution in [2.45, 2.75) is 25.7 Å². The summed E-state index contributed by atoms with van der Waals surface area (Å²) in [6, 6.07) is 3.38. The molecule has 2 heterocycles. The lowest BCUT2D eigenvalue weighted by molar-refractivity contribution is -0.135. The van der Waals surface area contributed by atoms with Crippen LogP contribution in [0.2, 0.25) is 0 Å². The molecule has 3 rings (SSSR count). The highest BCUT2D eigenvalue weighted by molar-refractivity contribution is 5.93. The van der Waals surface area contributed by atoms with Gasteiger partial charge in [-0.05, 0) is 37.8 Å². The van der Waals surface area contributed by atoms with E-state index in [2.05, 4.69) is 10.3 Å². The van der Waals surface area contributed by atoms with Crippen LogP contribution in [0.1, 0.15) is 25.7 Å². The summed E-state index contributed by atoms with van der Waals surface area (Å²) < 4.78 is 0. The third kappa shape index (κ3) is 3.32. The fourth-order valence-electron chi connectivity index (χ4n) is 2.70. The number of nitrogens with zero attached hydrogens (tertiary/aromatic N) is 2. The third-order valence-electron chi connectivity index (χ3n) is 4.08. The summed E-state index contributed by atoms with van der Waals surface area (Å²) in [5, 5.41) is 2.85. The molecule has 0 bridgehead atoms. The molecule has 21 heavy (non-hydrogen) atoms. The molecule has 3 N–H and O–H groups in total. The van der Waals surface area contributed by atoms with Crippen LogP contribution in [0.25, 0.3) is 0 Å². The van der Waals surface area contributed by atoms with Gasteiger partial charge in [0.15, 0.2) is 0 Å². The van der Waals surface area contributed by atoms with Crippen LogP contribution in [0.5, 0.6) is 0 Å². The molecule has 6 heteroatoms. The Morgan fingerprint density at radius 1 is 1.24 bits per heavy atom. The average Bonchev–Trinajstić information content (AvgIpc) is 3.34. The summed E-state index contributed by atoms with van der Waals surface area (Å²) >= 11 is 0. The predicted octanol–water partition coefficient (Wildman–Crippen LogP) is 1.25. The molecule has 1 saturated heterocycles. The summed E-state index contributed by atoms with van der Waals surface area (Å²) in [4.78, 5) is 30.2. The van der Waals surface area contributed by atoms with Gasteiger partial charge in [-0.2, -0.15) is 0 Å². The van der Waals surface area contributed by atoms with Gasteiger partial charge in [-0.3, -0.25) is 9.59 Å². The van der Waals surface area contributed by atoms with Gasteiger partial charge in [0.05, 0.1) is 17.8 Å². The van der Waals surface area contributed by atoms with E-state index in [1.54, 1.807) is 18.3 Å². The Morgan fingerprint density at radius 3 is 2.71 bits per heavy atom. The van der Waals surface area contributed by atoms with Crippen molar-refractivity contribution < 1.29 is 9.59 Å². The number of carbonyl (C=O) groups excluding carboxylic acids is 2. The maximum Gasteiger partial charge on any atom is 0.229 e. The molecule has 2 fully saturated rings. The molecule has 1 aliphatic carbocycles. The number of amides is 2. The van der Waals surface area contributed by atoms with Crippen molar-refractivity contribution in [2.24, 2.45) is 11.8 Å². The van der Waals surface area contributed by atoms with E-state index in [9.17, 15) is 9.59 Å². The molecule has 112 valence electrons. The number of hydrogen-bond donors (Lipinski definition) is 2. The Balaban J connectivity index is 1.58. The van der Waals surface area contributed by atoms with Gasteiger partial charge in [-0.25, -0.2) is 4.98 Å². The zero-order valence-electron chi connectivity index (χ0n) is 11.9. The fraction of sp³-hybridized carbons (Fsp3) is 0.533. The molecule has 1 atom stereocenters. The minimum absolute atomic E-state index is 0.0464. The summed E-state index contributed by atoms with van der Waals surface area (Å²) in [6.07, 6.45) is 5.26. The fourth-order valence-corrected chi connectivity index (χ4v) is 2.70. The lowest BCUT2D eigenvalue weighted by Gasteiger charge is -2.32. The van der Waals surface area contributed by atoms with Gasteiger partial charge >= 0.3 is 0 Å².